The summed E-state index contributed by atoms with van der Waals surface area (Å²) in [6, 6.07) is 2.63. The highest BCUT2D eigenvalue weighted by Gasteiger charge is 2.33. The van der Waals surface area contributed by atoms with Crippen LogP contribution < -0.4 is 0 Å². The molecule has 90 valence electrons. The van der Waals surface area contributed by atoms with Crippen LogP contribution in [0, 0.1) is 0 Å². The van der Waals surface area contributed by atoms with Crippen LogP contribution >= 0.6 is 11.6 Å². The first-order valence-corrected chi connectivity index (χ1v) is 4.97. The number of fused-ring (bicyclic) bond motifs is 1. The van der Waals surface area contributed by atoms with Crippen molar-refractivity contribution < 1.29 is 22.4 Å². The molecule has 0 unspecified atom stereocenters. The molecule has 0 fully saturated rings. The molecule has 17 heavy (non-hydrogen) atoms. The average molecular weight is 265 g/mol. The Labute approximate surface area is 98.7 Å². The standard InChI is InChI=1S/C11H5ClF4O/c12-10(17)8-4-5-3-6(11(14,15)16)1-2-7(5)9(8)13/h1-3H,4H2. The summed E-state index contributed by atoms with van der Waals surface area (Å²) in [4.78, 5) is 10.9. The lowest BCUT2D eigenvalue weighted by Gasteiger charge is -2.08. The van der Waals surface area contributed by atoms with Crippen LogP contribution in [0.25, 0.3) is 5.83 Å². The van der Waals surface area contributed by atoms with E-state index in [4.69, 9.17) is 11.6 Å². The Morgan fingerprint density at radius 3 is 2.47 bits per heavy atom. The Morgan fingerprint density at radius 2 is 1.94 bits per heavy atom. The van der Waals surface area contributed by atoms with Crippen LogP contribution in [-0.4, -0.2) is 5.24 Å². The quantitative estimate of drug-likeness (QED) is 0.558. The molecular formula is C11H5ClF4O. The third kappa shape index (κ3) is 2.07. The van der Waals surface area contributed by atoms with E-state index in [1.807, 2.05) is 0 Å². The molecule has 0 radical (unpaired) electrons. The molecule has 0 heterocycles. The van der Waals surface area contributed by atoms with Crippen LogP contribution in [0.4, 0.5) is 17.6 Å². The number of hydrogen-bond acceptors (Lipinski definition) is 1. The van der Waals surface area contributed by atoms with Crippen LogP contribution in [0.3, 0.4) is 0 Å². The third-order valence-electron chi connectivity index (χ3n) is 2.54. The zero-order valence-corrected chi connectivity index (χ0v) is 8.99. The Balaban J connectivity index is 2.46. The van der Waals surface area contributed by atoms with E-state index in [0.717, 1.165) is 18.2 Å². The molecular weight excluding hydrogens is 260 g/mol. The van der Waals surface area contributed by atoms with E-state index < -0.39 is 22.8 Å². The molecule has 1 aromatic carbocycles. The Morgan fingerprint density at radius 1 is 1.29 bits per heavy atom. The van der Waals surface area contributed by atoms with Gasteiger partial charge in [-0.05, 0) is 29.3 Å². The number of hydrogen-bond donors (Lipinski definition) is 0. The van der Waals surface area contributed by atoms with Crippen molar-refractivity contribution in [2.75, 3.05) is 0 Å². The van der Waals surface area contributed by atoms with Gasteiger partial charge in [0.15, 0.2) is 0 Å². The maximum absolute atomic E-state index is 13.6. The Kier molecular flexibility index (Phi) is 2.73. The van der Waals surface area contributed by atoms with Crippen molar-refractivity contribution in [2.45, 2.75) is 12.6 Å². The van der Waals surface area contributed by atoms with Crippen LogP contribution in [0.15, 0.2) is 23.8 Å². The molecule has 0 amide bonds. The maximum Gasteiger partial charge on any atom is 0.416 e. The van der Waals surface area contributed by atoms with Gasteiger partial charge in [-0.25, -0.2) is 4.39 Å². The molecule has 6 heteroatoms. The van der Waals surface area contributed by atoms with Crippen molar-refractivity contribution in [1.29, 1.82) is 0 Å². The first-order chi connectivity index (χ1) is 7.80. The Hall–Kier alpha value is -1.36. The zero-order valence-electron chi connectivity index (χ0n) is 8.24. The van der Waals surface area contributed by atoms with Gasteiger partial charge in [-0.3, -0.25) is 4.79 Å². The number of benzene rings is 1. The first-order valence-electron chi connectivity index (χ1n) is 4.59. The van der Waals surface area contributed by atoms with Gasteiger partial charge >= 0.3 is 6.18 Å². The van der Waals surface area contributed by atoms with Crippen molar-refractivity contribution in [3.8, 4) is 0 Å². The summed E-state index contributed by atoms with van der Waals surface area (Å²) in [5, 5.41) is -0.979. The number of rotatable bonds is 1. The van der Waals surface area contributed by atoms with Gasteiger partial charge in [0.1, 0.15) is 5.83 Å². The second kappa shape index (κ2) is 3.84. The lowest BCUT2D eigenvalue weighted by molar-refractivity contribution is -0.137. The highest BCUT2D eigenvalue weighted by atomic mass is 35.5. The molecule has 0 atom stereocenters. The fourth-order valence-electron chi connectivity index (χ4n) is 1.72. The van der Waals surface area contributed by atoms with Crippen LogP contribution in [0.1, 0.15) is 16.7 Å². The smallest absolute Gasteiger partial charge is 0.276 e. The van der Waals surface area contributed by atoms with Crippen molar-refractivity contribution in [1.82, 2.24) is 0 Å². The van der Waals surface area contributed by atoms with Gasteiger partial charge in [-0.1, -0.05) is 6.07 Å². The highest BCUT2D eigenvalue weighted by molar-refractivity contribution is 6.68. The minimum atomic E-state index is -4.49. The number of carbonyl (C=O) groups is 1. The number of halogens is 5. The molecule has 1 nitrogen and oxygen atoms in total. The van der Waals surface area contributed by atoms with Gasteiger partial charge in [-0.15, -0.1) is 0 Å². The predicted octanol–water partition coefficient (Wildman–Crippen LogP) is 3.71. The Bertz CT molecular complexity index is 531. The molecule has 0 aromatic heterocycles. The third-order valence-corrected chi connectivity index (χ3v) is 2.77. The van der Waals surface area contributed by atoms with E-state index in [1.165, 1.54) is 0 Å². The summed E-state index contributed by atoms with van der Waals surface area (Å²) in [6.45, 7) is 0. The van der Waals surface area contributed by atoms with Gasteiger partial charge in [0.25, 0.3) is 5.24 Å². The summed E-state index contributed by atoms with van der Waals surface area (Å²) in [5.41, 5.74) is -1.03. The highest BCUT2D eigenvalue weighted by Crippen LogP contribution is 2.38. The van der Waals surface area contributed by atoms with Gasteiger partial charge in [0, 0.05) is 12.0 Å². The van der Waals surface area contributed by atoms with E-state index in [0.29, 0.717) is 0 Å². The fraction of sp³-hybridized carbons (Fsp3) is 0.182. The van der Waals surface area contributed by atoms with Crippen LogP contribution in [0.2, 0.25) is 0 Å². The number of alkyl halides is 3. The minimum Gasteiger partial charge on any atom is -0.276 e. The molecule has 2 rings (SSSR count). The first kappa shape index (κ1) is 12.1. The number of allylic oxidation sites excluding steroid dienone is 1. The van der Waals surface area contributed by atoms with E-state index >= 15 is 0 Å². The molecule has 1 aliphatic rings. The molecule has 0 spiro atoms. The second-order valence-electron chi connectivity index (χ2n) is 3.61. The summed E-state index contributed by atoms with van der Waals surface area (Å²) >= 11 is 5.14. The lowest BCUT2D eigenvalue weighted by atomic mass is 10.1. The second-order valence-corrected chi connectivity index (χ2v) is 3.96. The van der Waals surface area contributed by atoms with Gasteiger partial charge in [0.2, 0.25) is 0 Å². The van der Waals surface area contributed by atoms with E-state index in [1.54, 1.807) is 0 Å². The average Bonchev–Trinajstić information content (AvgIpc) is 2.54. The molecule has 0 bridgehead atoms. The van der Waals surface area contributed by atoms with Crippen LogP contribution in [0.5, 0.6) is 0 Å². The maximum atomic E-state index is 13.6. The topological polar surface area (TPSA) is 17.1 Å². The minimum absolute atomic E-state index is 0.00185. The van der Waals surface area contributed by atoms with Crippen molar-refractivity contribution in [2.24, 2.45) is 0 Å². The molecule has 1 aliphatic carbocycles. The van der Waals surface area contributed by atoms with Gasteiger partial charge in [-0.2, -0.15) is 13.2 Å². The van der Waals surface area contributed by atoms with Crippen molar-refractivity contribution in [3.63, 3.8) is 0 Å². The van der Waals surface area contributed by atoms with Crippen molar-refractivity contribution >= 4 is 22.7 Å². The molecule has 0 aliphatic heterocycles. The SMILES string of the molecule is O=C(Cl)C1=C(F)c2ccc(C(F)(F)F)cc2C1. The zero-order chi connectivity index (χ0) is 12.8. The molecule has 0 N–H and O–H groups in total. The molecule has 0 saturated carbocycles. The van der Waals surface area contributed by atoms with E-state index in [2.05, 4.69) is 0 Å². The normalized spacial score (nSPS) is 15.1. The predicted molar refractivity (Wildman–Crippen MR) is 54.0 cm³/mol. The van der Waals surface area contributed by atoms with Gasteiger partial charge in [0.05, 0.1) is 11.1 Å². The molecule has 1 aromatic rings. The summed E-state index contributed by atoms with van der Waals surface area (Å²) in [5.74, 6) is -0.839. The molecule has 0 saturated heterocycles. The summed E-state index contributed by atoms with van der Waals surface area (Å²) in [6.07, 6.45) is -4.69. The lowest BCUT2D eigenvalue weighted by Crippen LogP contribution is -2.05. The van der Waals surface area contributed by atoms with Crippen molar-refractivity contribution in [3.05, 3.63) is 40.5 Å². The fourth-order valence-corrected chi connectivity index (χ4v) is 1.87. The van der Waals surface area contributed by atoms with Gasteiger partial charge < -0.3 is 0 Å². The van der Waals surface area contributed by atoms with E-state index in [-0.39, 0.29) is 23.1 Å². The summed E-state index contributed by atoms with van der Waals surface area (Å²) < 4.78 is 50.8. The summed E-state index contributed by atoms with van der Waals surface area (Å²) in [7, 11) is 0. The monoisotopic (exact) mass is 264 g/mol. The van der Waals surface area contributed by atoms with E-state index in [9.17, 15) is 22.4 Å². The van der Waals surface area contributed by atoms with Crippen LogP contribution in [-0.2, 0) is 17.4 Å². The number of carbonyl (C=O) groups excluding carboxylic acids is 1. The largest absolute Gasteiger partial charge is 0.416 e.